The molecule has 0 aliphatic rings. The summed E-state index contributed by atoms with van der Waals surface area (Å²) in [6.07, 6.45) is 0. The number of nitrogens with two attached hydrogens (primary N) is 1. The molecule has 0 spiro atoms. The number of nitrogens with zero attached hydrogens (tertiary/aromatic N) is 2. The Balaban J connectivity index is 2.46. The highest BCUT2D eigenvalue weighted by Crippen LogP contribution is 2.27. The molecule has 4 nitrogen and oxygen atoms in total. The van der Waals surface area contributed by atoms with Gasteiger partial charge in [0, 0.05) is 10.0 Å². The van der Waals surface area contributed by atoms with Crippen LogP contribution in [0, 0.1) is 13.8 Å². The molecule has 0 radical (unpaired) electrons. The Morgan fingerprint density at radius 2 is 1.88 bits per heavy atom. The molecule has 0 saturated heterocycles. The summed E-state index contributed by atoms with van der Waals surface area (Å²) in [5.41, 5.74) is 8.92. The van der Waals surface area contributed by atoms with Gasteiger partial charge in [-0.2, -0.15) is 4.98 Å². The summed E-state index contributed by atoms with van der Waals surface area (Å²) in [7, 11) is 0. The second kappa shape index (κ2) is 4.58. The van der Waals surface area contributed by atoms with E-state index in [1.54, 1.807) is 0 Å². The third-order valence-electron chi connectivity index (χ3n) is 2.53. The number of aryl methyl sites for hydroxylation is 2. The second-order valence-corrected chi connectivity index (χ2v) is 4.96. The molecule has 0 aliphatic heterocycles. The Morgan fingerprint density at radius 3 is 2.35 bits per heavy atom. The van der Waals surface area contributed by atoms with Crippen LogP contribution in [0.25, 0.3) is 11.4 Å². The topological polar surface area (TPSA) is 64.9 Å². The normalized spacial score (nSPS) is 12.8. The molecule has 1 aromatic carbocycles. The van der Waals surface area contributed by atoms with Crippen molar-refractivity contribution in [3.63, 3.8) is 0 Å². The van der Waals surface area contributed by atoms with Gasteiger partial charge in [-0.05, 0) is 44.0 Å². The molecule has 17 heavy (non-hydrogen) atoms. The standard InChI is InChI=1S/C12H14BrN3O/c1-6-4-9(5-7(2)10(6)13)11-15-12(8(3)14)17-16-11/h4-5,8H,14H2,1-3H3/t8-/m0/s1. The molecule has 90 valence electrons. The summed E-state index contributed by atoms with van der Waals surface area (Å²) >= 11 is 3.53. The van der Waals surface area contributed by atoms with Gasteiger partial charge in [0.05, 0.1) is 6.04 Å². The third-order valence-corrected chi connectivity index (χ3v) is 3.78. The molecule has 2 aromatic rings. The first-order chi connectivity index (χ1) is 7.99. The summed E-state index contributed by atoms with van der Waals surface area (Å²) in [5, 5.41) is 3.94. The fourth-order valence-corrected chi connectivity index (χ4v) is 1.84. The highest BCUT2D eigenvalue weighted by atomic mass is 79.9. The van der Waals surface area contributed by atoms with Gasteiger partial charge in [-0.15, -0.1) is 0 Å². The van der Waals surface area contributed by atoms with Gasteiger partial charge in [0.1, 0.15) is 0 Å². The zero-order chi connectivity index (χ0) is 12.6. The molecule has 1 aromatic heterocycles. The number of hydrogen-bond donors (Lipinski definition) is 1. The number of halogens is 1. The molecule has 0 saturated carbocycles. The van der Waals surface area contributed by atoms with Crippen LogP contribution in [0.4, 0.5) is 0 Å². The lowest BCUT2D eigenvalue weighted by atomic mass is 10.1. The number of hydrogen-bond acceptors (Lipinski definition) is 4. The lowest BCUT2D eigenvalue weighted by Crippen LogP contribution is -2.04. The van der Waals surface area contributed by atoms with Crippen LogP contribution in [0.1, 0.15) is 30.0 Å². The molecule has 0 bridgehead atoms. The zero-order valence-electron chi connectivity index (χ0n) is 9.99. The van der Waals surface area contributed by atoms with Crippen LogP contribution in [0.3, 0.4) is 0 Å². The van der Waals surface area contributed by atoms with Crippen molar-refractivity contribution in [2.45, 2.75) is 26.8 Å². The maximum Gasteiger partial charge on any atom is 0.243 e. The van der Waals surface area contributed by atoms with E-state index in [4.69, 9.17) is 10.3 Å². The number of benzene rings is 1. The van der Waals surface area contributed by atoms with Crippen molar-refractivity contribution < 1.29 is 4.52 Å². The van der Waals surface area contributed by atoms with E-state index in [9.17, 15) is 0 Å². The molecule has 0 unspecified atom stereocenters. The number of aromatic nitrogens is 2. The SMILES string of the molecule is Cc1cc(-c2noc([C@H](C)N)n2)cc(C)c1Br. The van der Waals surface area contributed by atoms with Crippen molar-refractivity contribution in [1.82, 2.24) is 10.1 Å². The van der Waals surface area contributed by atoms with E-state index in [-0.39, 0.29) is 6.04 Å². The lowest BCUT2D eigenvalue weighted by Gasteiger charge is -2.04. The van der Waals surface area contributed by atoms with Crippen molar-refractivity contribution in [2.75, 3.05) is 0 Å². The van der Waals surface area contributed by atoms with Gasteiger partial charge < -0.3 is 10.3 Å². The van der Waals surface area contributed by atoms with Crippen molar-refractivity contribution in [3.8, 4) is 11.4 Å². The van der Waals surface area contributed by atoms with E-state index in [1.807, 2.05) is 32.9 Å². The molecule has 1 atom stereocenters. The molecular formula is C12H14BrN3O. The molecule has 5 heteroatoms. The first-order valence-electron chi connectivity index (χ1n) is 5.35. The monoisotopic (exact) mass is 295 g/mol. The Labute approximate surface area is 108 Å². The van der Waals surface area contributed by atoms with Gasteiger partial charge >= 0.3 is 0 Å². The van der Waals surface area contributed by atoms with Crippen molar-refractivity contribution in [3.05, 3.63) is 33.6 Å². The van der Waals surface area contributed by atoms with Crippen LogP contribution in [0.5, 0.6) is 0 Å². The summed E-state index contributed by atoms with van der Waals surface area (Å²) in [6, 6.07) is 3.80. The zero-order valence-corrected chi connectivity index (χ0v) is 11.6. The van der Waals surface area contributed by atoms with Gasteiger partial charge in [-0.3, -0.25) is 0 Å². The third kappa shape index (κ3) is 2.40. The van der Waals surface area contributed by atoms with Crippen LogP contribution >= 0.6 is 15.9 Å². The minimum Gasteiger partial charge on any atom is -0.337 e. The van der Waals surface area contributed by atoms with E-state index in [0.717, 1.165) is 21.2 Å². The summed E-state index contributed by atoms with van der Waals surface area (Å²) in [5.74, 6) is 1.04. The van der Waals surface area contributed by atoms with Crippen LogP contribution in [0.2, 0.25) is 0 Å². The van der Waals surface area contributed by atoms with E-state index < -0.39 is 0 Å². The van der Waals surface area contributed by atoms with Crippen molar-refractivity contribution in [1.29, 1.82) is 0 Å². The molecule has 2 N–H and O–H groups in total. The molecule has 1 heterocycles. The van der Waals surface area contributed by atoms with Gasteiger partial charge in [0.25, 0.3) is 0 Å². The predicted molar refractivity (Wildman–Crippen MR) is 69.5 cm³/mol. The van der Waals surface area contributed by atoms with E-state index in [1.165, 1.54) is 0 Å². The lowest BCUT2D eigenvalue weighted by molar-refractivity contribution is 0.362. The van der Waals surface area contributed by atoms with Crippen LogP contribution in [0.15, 0.2) is 21.1 Å². The second-order valence-electron chi connectivity index (χ2n) is 4.17. The molecule has 0 amide bonds. The van der Waals surface area contributed by atoms with Gasteiger partial charge in [-0.1, -0.05) is 21.1 Å². The van der Waals surface area contributed by atoms with Gasteiger partial charge in [0.15, 0.2) is 0 Å². The van der Waals surface area contributed by atoms with Crippen LogP contribution < -0.4 is 5.73 Å². The van der Waals surface area contributed by atoms with Gasteiger partial charge in [0.2, 0.25) is 11.7 Å². The van der Waals surface area contributed by atoms with E-state index >= 15 is 0 Å². The van der Waals surface area contributed by atoms with Crippen molar-refractivity contribution >= 4 is 15.9 Å². The average Bonchev–Trinajstić information content (AvgIpc) is 2.74. The average molecular weight is 296 g/mol. The largest absolute Gasteiger partial charge is 0.337 e. The smallest absolute Gasteiger partial charge is 0.243 e. The quantitative estimate of drug-likeness (QED) is 0.924. The van der Waals surface area contributed by atoms with Crippen LogP contribution in [-0.4, -0.2) is 10.1 Å². The molecular weight excluding hydrogens is 282 g/mol. The Morgan fingerprint density at radius 1 is 1.29 bits per heavy atom. The van der Waals surface area contributed by atoms with E-state index in [0.29, 0.717) is 11.7 Å². The first kappa shape index (κ1) is 12.3. The predicted octanol–water partition coefficient (Wildman–Crippen LogP) is 3.14. The minimum atomic E-state index is -0.242. The maximum absolute atomic E-state index is 5.69. The van der Waals surface area contributed by atoms with Gasteiger partial charge in [-0.25, -0.2) is 0 Å². The first-order valence-corrected chi connectivity index (χ1v) is 6.14. The highest BCUT2D eigenvalue weighted by molar-refractivity contribution is 9.10. The van der Waals surface area contributed by atoms with Crippen molar-refractivity contribution in [2.24, 2.45) is 5.73 Å². The number of rotatable bonds is 2. The highest BCUT2D eigenvalue weighted by Gasteiger charge is 2.13. The Kier molecular flexibility index (Phi) is 3.31. The summed E-state index contributed by atoms with van der Waals surface area (Å²) < 4.78 is 6.20. The summed E-state index contributed by atoms with van der Waals surface area (Å²) in [6.45, 7) is 5.88. The fraction of sp³-hybridized carbons (Fsp3) is 0.333. The minimum absolute atomic E-state index is 0.242. The Hall–Kier alpha value is -1.20. The molecule has 0 fully saturated rings. The molecule has 0 aliphatic carbocycles. The summed E-state index contributed by atoms with van der Waals surface area (Å²) in [4.78, 5) is 4.27. The fourth-order valence-electron chi connectivity index (χ4n) is 1.61. The van der Waals surface area contributed by atoms with E-state index in [2.05, 4.69) is 26.1 Å². The molecule has 2 rings (SSSR count). The van der Waals surface area contributed by atoms with Crippen LogP contribution in [-0.2, 0) is 0 Å². The maximum atomic E-state index is 5.69. The Bertz CT molecular complexity index is 525.